The third kappa shape index (κ3) is 5.47. The van der Waals surface area contributed by atoms with Crippen LogP contribution >= 0.6 is 0 Å². The summed E-state index contributed by atoms with van der Waals surface area (Å²) in [5, 5.41) is 11.8. The van der Waals surface area contributed by atoms with Crippen LogP contribution in [0.4, 0.5) is 5.69 Å². The van der Waals surface area contributed by atoms with Crippen LogP contribution in [0.1, 0.15) is 30.0 Å². The number of nitriles is 1. The fourth-order valence-electron chi connectivity index (χ4n) is 2.54. The van der Waals surface area contributed by atoms with Gasteiger partial charge in [-0.2, -0.15) is 5.26 Å². The minimum Gasteiger partial charge on any atom is -0.352 e. The molecule has 128 valence electrons. The highest BCUT2D eigenvalue weighted by atomic mass is 16.2. The summed E-state index contributed by atoms with van der Waals surface area (Å²) in [5.41, 5.74) is 3.29. The van der Waals surface area contributed by atoms with Crippen molar-refractivity contribution in [1.29, 1.82) is 5.26 Å². The molecule has 0 aliphatic heterocycles. The Morgan fingerprint density at radius 1 is 1.16 bits per heavy atom. The second kappa shape index (κ2) is 8.65. The van der Waals surface area contributed by atoms with Crippen molar-refractivity contribution in [3.8, 4) is 6.07 Å². The van der Waals surface area contributed by atoms with Crippen molar-refractivity contribution in [2.45, 2.75) is 26.8 Å². The van der Waals surface area contributed by atoms with E-state index in [-0.39, 0.29) is 24.8 Å². The summed E-state index contributed by atoms with van der Waals surface area (Å²) in [6.07, 6.45) is 0.197. The molecule has 0 spiro atoms. The Bertz CT molecular complexity index is 809. The van der Waals surface area contributed by atoms with Crippen LogP contribution in [0, 0.1) is 18.3 Å². The second-order valence-corrected chi connectivity index (χ2v) is 5.85. The van der Waals surface area contributed by atoms with Crippen LogP contribution in [0.5, 0.6) is 0 Å². The van der Waals surface area contributed by atoms with Crippen LogP contribution < -0.4 is 10.2 Å². The Morgan fingerprint density at radius 2 is 1.92 bits per heavy atom. The van der Waals surface area contributed by atoms with Crippen molar-refractivity contribution >= 4 is 17.5 Å². The first kappa shape index (κ1) is 18.2. The SMILES string of the molecule is CC(=O)N(CCC(=O)NCc1cccc(C)c1)c1cccc(C#N)c1. The van der Waals surface area contributed by atoms with Crippen LogP contribution in [0.15, 0.2) is 48.5 Å². The molecule has 1 N–H and O–H groups in total. The predicted molar refractivity (Wildman–Crippen MR) is 96.8 cm³/mol. The molecule has 2 aromatic rings. The van der Waals surface area contributed by atoms with E-state index in [1.54, 1.807) is 24.3 Å². The minimum atomic E-state index is -0.165. The standard InChI is InChI=1S/C20H21N3O2/c1-15-5-3-7-18(11-15)14-22-20(25)9-10-23(16(2)24)19-8-4-6-17(12-19)13-21/h3-8,11-12H,9-10,14H2,1-2H3,(H,22,25). The van der Waals surface area contributed by atoms with Crippen LogP contribution in [0.3, 0.4) is 0 Å². The monoisotopic (exact) mass is 335 g/mol. The Kier molecular flexibility index (Phi) is 6.30. The Hall–Kier alpha value is -3.13. The quantitative estimate of drug-likeness (QED) is 0.882. The summed E-state index contributed by atoms with van der Waals surface area (Å²) < 4.78 is 0. The van der Waals surface area contributed by atoms with Gasteiger partial charge < -0.3 is 10.2 Å². The first-order valence-electron chi connectivity index (χ1n) is 8.10. The van der Waals surface area contributed by atoms with Gasteiger partial charge in [-0.3, -0.25) is 9.59 Å². The van der Waals surface area contributed by atoms with Crippen molar-refractivity contribution in [2.24, 2.45) is 0 Å². The molecule has 0 saturated heterocycles. The molecule has 0 heterocycles. The summed E-state index contributed by atoms with van der Waals surface area (Å²) in [7, 11) is 0. The van der Waals surface area contributed by atoms with E-state index >= 15 is 0 Å². The van der Waals surface area contributed by atoms with Gasteiger partial charge in [0.05, 0.1) is 11.6 Å². The number of anilines is 1. The molecule has 5 nitrogen and oxygen atoms in total. The fourth-order valence-corrected chi connectivity index (χ4v) is 2.54. The van der Waals surface area contributed by atoms with Crippen LogP contribution in [-0.4, -0.2) is 18.4 Å². The molecule has 0 aromatic heterocycles. The molecule has 0 fully saturated rings. The number of carbonyl (C=O) groups excluding carboxylic acids is 2. The smallest absolute Gasteiger partial charge is 0.223 e. The number of nitrogens with one attached hydrogen (secondary N) is 1. The summed E-state index contributed by atoms with van der Waals surface area (Å²) >= 11 is 0. The molecular weight excluding hydrogens is 314 g/mol. The van der Waals surface area contributed by atoms with Gasteiger partial charge in [-0.25, -0.2) is 0 Å². The van der Waals surface area contributed by atoms with E-state index in [0.29, 0.717) is 17.8 Å². The van der Waals surface area contributed by atoms with Gasteiger partial charge in [0.25, 0.3) is 0 Å². The summed E-state index contributed by atoms with van der Waals surface area (Å²) in [6.45, 7) is 4.18. The first-order valence-corrected chi connectivity index (χ1v) is 8.10. The molecule has 2 amide bonds. The molecule has 0 radical (unpaired) electrons. The highest BCUT2D eigenvalue weighted by Crippen LogP contribution is 2.16. The van der Waals surface area contributed by atoms with Gasteiger partial charge in [-0.1, -0.05) is 35.9 Å². The molecular formula is C20H21N3O2. The molecule has 2 rings (SSSR count). The first-order chi connectivity index (χ1) is 12.0. The fraction of sp³-hybridized carbons (Fsp3) is 0.250. The van der Waals surface area contributed by atoms with Gasteiger partial charge in [-0.15, -0.1) is 0 Å². The van der Waals surface area contributed by atoms with Crippen LogP contribution in [0.25, 0.3) is 0 Å². The number of carbonyl (C=O) groups is 2. The van der Waals surface area contributed by atoms with Crippen molar-refractivity contribution in [3.63, 3.8) is 0 Å². The van der Waals surface area contributed by atoms with Crippen molar-refractivity contribution in [3.05, 3.63) is 65.2 Å². The van der Waals surface area contributed by atoms with Gasteiger partial charge in [0.1, 0.15) is 0 Å². The third-order valence-electron chi connectivity index (χ3n) is 3.80. The van der Waals surface area contributed by atoms with Crippen LogP contribution in [-0.2, 0) is 16.1 Å². The number of aryl methyl sites for hydroxylation is 1. The van der Waals surface area contributed by atoms with E-state index in [1.165, 1.54) is 11.8 Å². The number of benzene rings is 2. The van der Waals surface area contributed by atoms with Gasteiger partial charge in [0.2, 0.25) is 11.8 Å². The lowest BCUT2D eigenvalue weighted by molar-refractivity contribution is -0.121. The number of hydrogen-bond donors (Lipinski definition) is 1. The highest BCUT2D eigenvalue weighted by molar-refractivity contribution is 5.92. The van der Waals surface area contributed by atoms with Crippen molar-refractivity contribution < 1.29 is 9.59 Å². The lowest BCUT2D eigenvalue weighted by atomic mass is 10.1. The minimum absolute atomic E-state index is 0.121. The average Bonchev–Trinajstić information content (AvgIpc) is 2.60. The number of amides is 2. The van der Waals surface area contributed by atoms with Crippen LogP contribution in [0.2, 0.25) is 0 Å². The van der Waals surface area contributed by atoms with Crippen molar-refractivity contribution in [1.82, 2.24) is 5.32 Å². The highest BCUT2D eigenvalue weighted by Gasteiger charge is 2.14. The second-order valence-electron chi connectivity index (χ2n) is 5.85. The van der Waals surface area contributed by atoms with Gasteiger partial charge in [0.15, 0.2) is 0 Å². The lowest BCUT2D eigenvalue weighted by Crippen LogP contribution is -2.33. The molecule has 25 heavy (non-hydrogen) atoms. The Morgan fingerprint density at radius 3 is 2.60 bits per heavy atom. The Balaban J connectivity index is 1.93. The normalized spacial score (nSPS) is 9.96. The number of hydrogen-bond acceptors (Lipinski definition) is 3. The topological polar surface area (TPSA) is 73.2 Å². The van der Waals surface area contributed by atoms with E-state index in [0.717, 1.165) is 11.1 Å². The zero-order valence-electron chi connectivity index (χ0n) is 14.5. The average molecular weight is 335 g/mol. The zero-order chi connectivity index (χ0) is 18.2. The molecule has 0 bridgehead atoms. The van der Waals surface area contributed by atoms with E-state index in [1.807, 2.05) is 31.2 Å². The maximum Gasteiger partial charge on any atom is 0.223 e. The van der Waals surface area contributed by atoms with E-state index < -0.39 is 0 Å². The maximum absolute atomic E-state index is 12.1. The van der Waals surface area contributed by atoms with E-state index in [9.17, 15) is 9.59 Å². The van der Waals surface area contributed by atoms with Gasteiger partial charge >= 0.3 is 0 Å². The number of nitrogens with zero attached hydrogens (tertiary/aromatic N) is 2. The van der Waals surface area contributed by atoms with E-state index in [4.69, 9.17) is 5.26 Å². The van der Waals surface area contributed by atoms with E-state index in [2.05, 4.69) is 11.4 Å². The third-order valence-corrected chi connectivity index (χ3v) is 3.80. The molecule has 0 unspecified atom stereocenters. The summed E-state index contributed by atoms with van der Waals surface area (Å²) in [4.78, 5) is 25.5. The summed E-state index contributed by atoms with van der Waals surface area (Å²) in [6, 6.07) is 16.8. The molecule has 0 atom stereocenters. The molecule has 0 aliphatic rings. The predicted octanol–water partition coefficient (Wildman–Crippen LogP) is 2.93. The summed E-state index contributed by atoms with van der Waals surface area (Å²) in [5.74, 6) is -0.286. The molecule has 0 aliphatic carbocycles. The van der Waals surface area contributed by atoms with Gasteiger partial charge in [0, 0.05) is 32.1 Å². The van der Waals surface area contributed by atoms with Crippen molar-refractivity contribution in [2.75, 3.05) is 11.4 Å². The molecule has 5 heteroatoms. The number of rotatable bonds is 6. The zero-order valence-corrected chi connectivity index (χ0v) is 14.5. The Labute approximate surface area is 147 Å². The molecule has 0 saturated carbocycles. The maximum atomic E-state index is 12.1. The lowest BCUT2D eigenvalue weighted by Gasteiger charge is -2.21. The van der Waals surface area contributed by atoms with Gasteiger partial charge in [-0.05, 0) is 30.7 Å². The molecule has 2 aromatic carbocycles. The largest absolute Gasteiger partial charge is 0.352 e.